The zero-order valence-electron chi connectivity index (χ0n) is 16.9. The second kappa shape index (κ2) is 8.29. The van der Waals surface area contributed by atoms with Crippen molar-refractivity contribution in [3.05, 3.63) is 35.0 Å². The molecule has 4 rings (SSSR count). The van der Waals surface area contributed by atoms with Gasteiger partial charge in [-0.3, -0.25) is 9.48 Å². The minimum atomic E-state index is 0.258. The lowest BCUT2D eigenvalue weighted by Gasteiger charge is -2.30. The Hall–Kier alpha value is -2.44. The number of fused-ring (bicyclic) bond motifs is 1. The van der Waals surface area contributed by atoms with Crippen LogP contribution >= 0.6 is 0 Å². The van der Waals surface area contributed by atoms with Crippen molar-refractivity contribution < 1.29 is 4.79 Å². The summed E-state index contributed by atoms with van der Waals surface area (Å²) in [5.41, 5.74) is 3.19. The van der Waals surface area contributed by atoms with Gasteiger partial charge in [-0.15, -0.1) is 0 Å². The van der Waals surface area contributed by atoms with Crippen molar-refractivity contribution in [2.45, 2.75) is 72.0 Å². The first-order valence-electron chi connectivity index (χ1n) is 10.5. The molecule has 28 heavy (non-hydrogen) atoms. The molecule has 0 atom stereocenters. The molecule has 1 saturated carbocycles. The minimum absolute atomic E-state index is 0.258. The van der Waals surface area contributed by atoms with Gasteiger partial charge in [0.05, 0.1) is 24.5 Å². The summed E-state index contributed by atoms with van der Waals surface area (Å²) < 4.78 is 2.07. The molecule has 2 aromatic heterocycles. The molecule has 3 heterocycles. The van der Waals surface area contributed by atoms with E-state index in [4.69, 9.17) is 5.10 Å². The fourth-order valence-corrected chi connectivity index (χ4v) is 4.00. The summed E-state index contributed by atoms with van der Waals surface area (Å²) in [4.78, 5) is 23.7. The SMILES string of the molecule is CCCc1cc(NCc2cc3n(n2)CCCN(C(=O)C2CCC2)C3)nc(C)n1. The molecular formula is C21H30N6O. The van der Waals surface area contributed by atoms with Gasteiger partial charge in [0.15, 0.2) is 0 Å². The minimum Gasteiger partial charge on any atom is -0.364 e. The highest BCUT2D eigenvalue weighted by Crippen LogP contribution is 2.29. The van der Waals surface area contributed by atoms with Gasteiger partial charge in [0.25, 0.3) is 0 Å². The predicted molar refractivity (Wildman–Crippen MR) is 108 cm³/mol. The van der Waals surface area contributed by atoms with Crippen LogP contribution in [-0.4, -0.2) is 37.1 Å². The molecule has 0 spiro atoms. The smallest absolute Gasteiger partial charge is 0.226 e. The van der Waals surface area contributed by atoms with Crippen LogP contribution in [0.15, 0.2) is 12.1 Å². The molecule has 1 aliphatic heterocycles. The number of anilines is 1. The van der Waals surface area contributed by atoms with E-state index in [0.29, 0.717) is 19.0 Å². The Bertz CT molecular complexity index is 841. The van der Waals surface area contributed by atoms with Crippen molar-refractivity contribution in [3.63, 3.8) is 0 Å². The Balaban J connectivity index is 1.41. The average molecular weight is 383 g/mol. The van der Waals surface area contributed by atoms with Crippen LogP contribution in [0.1, 0.15) is 61.9 Å². The van der Waals surface area contributed by atoms with Gasteiger partial charge in [-0.1, -0.05) is 19.8 Å². The molecule has 7 nitrogen and oxygen atoms in total. The Morgan fingerprint density at radius 1 is 1.18 bits per heavy atom. The Morgan fingerprint density at radius 2 is 2.04 bits per heavy atom. The fraction of sp³-hybridized carbons (Fsp3) is 0.619. The molecule has 7 heteroatoms. The molecule has 0 unspecified atom stereocenters. The summed E-state index contributed by atoms with van der Waals surface area (Å²) in [6, 6.07) is 4.15. The summed E-state index contributed by atoms with van der Waals surface area (Å²) >= 11 is 0. The average Bonchev–Trinajstić information content (AvgIpc) is 2.88. The lowest BCUT2D eigenvalue weighted by atomic mass is 9.84. The predicted octanol–water partition coefficient (Wildman–Crippen LogP) is 3.08. The normalized spacial score (nSPS) is 17.0. The van der Waals surface area contributed by atoms with Gasteiger partial charge in [0.2, 0.25) is 5.91 Å². The molecule has 150 valence electrons. The van der Waals surface area contributed by atoms with Crippen molar-refractivity contribution in [2.24, 2.45) is 5.92 Å². The van der Waals surface area contributed by atoms with Crippen molar-refractivity contribution >= 4 is 11.7 Å². The van der Waals surface area contributed by atoms with E-state index in [1.807, 2.05) is 17.9 Å². The fourth-order valence-electron chi connectivity index (χ4n) is 4.00. The standard InChI is InChI=1S/C21H30N6O/c1-3-6-17-12-20(24-15(2)23-17)22-13-18-11-19-14-26(9-5-10-27(19)25-18)21(28)16-7-4-8-16/h11-12,16H,3-10,13-14H2,1-2H3,(H,22,23,24). The van der Waals surface area contributed by atoms with Gasteiger partial charge in [-0.05, 0) is 38.7 Å². The van der Waals surface area contributed by atoms with E-state index < -0.39 is 0 Å². The first kappa shape index (κ1) is 18.9. The van der Waals surface area contributed by atoms with Gasteiger partial charge in [0.1, 0.15) is 11.6 Å². The number of rotatable bonds is 6. The molecular weight excluding hydrogens is 352 g/mol. The van der Waals surface area contributed by atoms with Crippen LogP contribution in [0.3, 0.4) is 0 Å². The van der Waals surface area contributed by atoms with E-state index in [1.54, 1.807) is 0 Å². The van der Waals surface area contributed by atoms with E-state index in [1.165, 1.54) is 6.42 Å². The molecule has 0 bridgehead atoms. The molecule has 2 aliphatic rings. The maximum Gasteiger partial charge on any atom is 0.226 e. The van der Waals surface area contributed by atoms with E-state index >= 15 is 0 Å². The van der Waals surface area contributed by atoms with Crippen LogP contribution in [0.5, 0.6) is 0 Å². The summed E-state index contributed by atoms with van der Waals surface area (Å²) in [5, 5.41) is 8.14. The second-order valence-corrected chi connectivity index (χ2v) is 7.99. The number of nitrogens with one attached hydrogen (secondary N) is 1. The molecule has 1 fully saturated rings. The zero-order valence-corrected chi connectivity index (χ0v) is 16.9. The summed E-state index contributed by atoms with van der Waals surface area (Å²) in [7, 11) is 0. The molecule has 1 N–H and O–H groups in total. The van der Waals surface area contributed by atoms with E-state index in [2.05, 4.69) is 33.0 Å². The van der Waals surface area contributed by atoms with Crippen LogP contribution in [0.2, 0.25) is 0 Å². The maximum absolute atomic E-state index is 12.6. The summed E-state index contributed by atoms with van der Waals surface area (Å²) in [5.74, 6) is 2.23. The van der Waals surface area contributed by atoms with Crippen LogP contribution in [0.4, 0.5) is 5.82 Å². The summed E-state index contributed by atoms with van der Waals surface area (Å²) in [6.45, 7) is 7.09. The topological polar surface area (TPSA) is 75.9 Å². The third-order valence-corrected chi connectivity index (χ3v) is 5.68. The second-order valence-electron chi connectivity index (χ2n) is 7.99. The number of carbonyl (C=O) groups is 1. The number of amides is 1. The maximum atomic E-state index is 12.6. The van der Waals surface area contributed by atoms with Crippen LogP contribution in [0.25, 0.3) is 0 Å². The number of hydrogen-bond acceptors (Lipinski definition) is 5. The quantitative estimate of drug-likeness (QED) is 0.831. The first-order valence-corrected chi connectivity index (χ1v) is 10.5. The molecule has 1 amide bonds. The van der Waals surface area contributed by atoms with Gasteiger partial charge in [0, 0.05) is 30.8 Å². The highest BCUT2D eigenvalue weighted by Gasteiger charge is 2.30. The van der Waals surface area contributed by atoms with Gasteiger partial charge in [-0.2, -0.15) is 5.10 Å². The lowest BCUT2D eigenvalue weighted by Crippen LogP contribution is -2.38. The van der Waals surface area contributed by atoms with Gasteiger partial charge in [-0.25, -0.2) is 9.97 Å². The Kier molecular flexibility index (Phi) is 5.59. The number of hydrogen-bond donors (Lipinski definition) is 1. The van der Waals surface area contributed by atoms with E-state index in [9.17, 15) is 4.79 Å². The van der Waals surface area contributed by atoms with E-state index in [-0.39, 0.29) is 5.92 Å². The highest BCUT2D eigenvalue weighted by atomic mass is 16.2. The van der Waals surface area contributed by atoms with Crippen LogP contribution in [0, 0.1) is 12.8 Å². The first-order chi connectivity index (χ1) is 13.6. The molecule has 0 saturated heterocycles. The van der Waals surface area contributed by atoms with Crippen LogP contribution < -0.4 is 5.32 Å². The Labute approximate surface area is 166 Å². The number of aromatic nitrogens is 4. The monoisotopic (exact) mass is 382 g/mol. The number of nitrogens with zero attached hydrogens (tertiary/aromatic N) is 5. The largest absolute Gasteiger partial charge is 0.364 e. The summed E-state index contributed by atoms with van der Waals surface area (Å²) in [6.07, 6.45) is 6.30. The van der Waals surface area contributed by atoms with Gasteiger partial charge >= 0.3 is 0 Å². The van der Waals surface area contributed by atoms with Crippen molar-refractivity contribution in [3.8, 4) is 0 Å². The third kappa shape index (κ3) is 4.18. The van der Waals surface area contributed by atoms with Crippen LogP contribution in [-0.2, 0) is 30.8 Å². The van der Waals surface area contributed by atoms with Crippen molar-refractivity contribution in [2.75, 3.05) is 11.9 Å². The van der Waals surface area contributed by atoms with E-state index in [0.717, 1.165) is 73.9 Å². The van der Waals surface area contributed by atoms with Crippen molar-refractivity contribution in [1.82, 2.24) is 24.6 Å². The van der Waals surface area contributed by atoms with Crippen molar-refractivity contribution in [1.29, 1.82) is 0 Å². The lowest BCUT2D eigenvalue weighted by molar-refractivity contribution is -0.138. The zero-order chi connectivity index (χ0) is 19.5. The molecule has 2 aromatic rings. The molecule has 0 aromatic carbocycles. The highest BCUT2D eigenvalue weighted by molar-refractivity contribution is 5.79. The number of carbonyl (C=O) groups excluding carboxylic acids is 1. The molecule has 1 aliphatic carbocycles. The Morgan fingerprint density at radius 3 is 2.79 bits per heavy atom. The molecule has 0 radical (unpaired) electrons. The number of aryl methyl sites for hydroxylation is 3. The van der Waals surface area contributed by atoms with Gasteiger partial charge < -0.3 is 10.2 Å². The third-order valence-electron chi connectivity index (χ3n) is 5.68.